The van der Waals surface area contributed by atoms with Crippen molar-refractivity contribution in [1.29, 1.82) is 0 Å². The van der Waals surface area contributed by atoms with E-state index in [0.717, 1.165) is 12.8 Å². The second kappa shape index (κ2) is 13.3. The van der Waals surface area contributed by atoms with Gasteiger partial charge in [0.1, 0.15) is 34.4 Å². The van der Waals surface area contributed by atoms with E-state index in [2.05, 4.69) is 26.2 Å². The average molecular weight is 640 g/mol. The monoisotopic (exact) mass is 639 g/mol. The van der Waals surface area contributed by atoms with Gasteiger partial charge in [-0.3, -0.25) is 9.59 Å². The van der Waals surface area contributed by atoms with Gasteiger partial charge in [0.25, 0.3) is 5.91 Å². The van der Waals surface area contributed by atoms with Crippen molar-refractivity contribution in [3.63, 3.8) is 0 Å². The Balaban J connectivity index is 0.00000134. The Kier molecular flexibility index (Phi) is 9.40. The molecule has 2 aromatic carbocycles. The van der Waals surface area contributed by atoms with Gasteiger partial charge in [-0.1, -0.05) is 13.8 Å². The van der Waals surface area contributed by atoms with E-state index in [0.29, 0.717) is 57.8 Å². The van der Waals surface area contributed by atoms with Gasteiger partial charge in [-0.05, 0) is 74.2 Å². The van der Waals surface area contributed by atoms with Gasteiger partial charge in [-0.25, -0.2) is 9.37 Å². The maximum Gasteiger partial charge on any atom is 0.398 e. The van der Waals surface area contributed by atoms with Crippen LogP contribution in [0, 0.1) is 12.7 Å². The lowest BCUT2D eigenvalue weighted by Crippen LogP contribution is -2.35. The van der Waals surface area contributed by atoms with E-state index in [9.17, 15) is 22.4 Å². The van der Waals surface area contributed by atoms with E-state index in [1.165, 1.54) is 24.3 Å². The van der Waals surface area contributed by atoms with E-state index in [-0.39, 0.29) is 35.4 Å². The third-order valence-corrected chi connectivity index (χ3v) is 7.81. The van der Waals surface area contributed by atoms with E-state index in [1.54, 1.807) is 32.0 Å². The van der Waals surface area contributed by atoms with Gasteiger partial charge in [0.15, 0.2) is 0 Å². The van der Waals surface area contributed by atoms with Gasteiger partial charge < -0.3 is 20.5 Å². The molecule has 1 aliphatic heterocycles. The summed E-state index contributed by atoms with van der Waals surface area (Å²) in [7, 11) is 0. The number of amides is 2. The number of nitrogens with zero attached hydrogens (tertiary/aromatic N) is 3. The number of hydrogen-bond acceptors (Lipinski definition) is 7. The number of pyridine rings is 1. The molecule has 46 heavy (non-hydrogen) atoms. The van der Waals surface area contributed by atoms with Crippen LogP contribution < -0.4 is 20.5 Å². The van der Waals surface area contributed by atoms with Crippen molar-refractivity contribution in [3.8, 4) is 22.8 Å². The molecule has 2 unspecified atom stereocenters. The quantitative estimate of drug-likeness (QED) is 0.181. The highest BCUT2D eigenvalue weighted by molar-refractivity contribution is 5.99. The molecule has 2 aliphatic rings. The molecule has 6 rings (SSSR count). The Bertz CT molecular complexity index is 1780. The van der Waals surface area contributed by atoms with Crippen LogP contribution in [-0.2, 0) is 11.2 Å². The lowest BCUT2D eigenvalue weighted by Gasteiger charge is -2.22. The second-order valence-electron chi connectivity index (χ2n) is 11.3. The minimum atomic E-state index is -4.72. The first kappa shape index (κ1) is 32.6. The van der Waals surface area contributed by atoms with Crippen molar-refractivity contribution in [2.24, 2.45) is 5.73 Å². The first-order chi connectivity index (χ1) is 21.9. The summed E-state index contributed by atoms with van der Waals surface area (Å²) in [6.45, 7) is 4.96. The molecule has 1 saturated carbocycles. The second-order valence-corrected chi connectivity index (χ2v) is 11.3. The zero-order valence-electron chi connectivity index (χ0n) is 25.5. The molecule has 0 spiro atoms. The minimum absolute atomic E-state index is 0.0141. The number of nitrogens with one attached hydrogen (secondary N) is 1. The number of benzene rings is 2. The van der Waals surface area contributed by atoms with Gasteiger partial charge in [0.05, 0.1) is 24.1 Å². The highest BCUT2D eigenvalue weighted by atomic mass is 19.4. The summed E-state index contributed by atoms with van der Waals surface area (Å²) in [5, 5.41) is 11.3. The highest BCUT2D eigenvalue weighted by Gasteiger charge is 2.43. The summed E-state index contributed by atoms with van der Waals surface area (Å²) in [5.74, 6) is -2.59. The summed E-state index contributed by atoms with van der Waals surface area (Å²) in [5.41, 5.74) is 6.89. The number of aromatic nitrogens is 3. The van der Waals surface area contributed by atoms with Crippen molar-refractivity contribution in [3.05, 3.63) is 76.4 Å². The molecule has 2 amide bonds. The van der Waals surface area contributed by atoms with Crippen molar-refractivity contribution in [2.45, 2.75) is 64.1 Å². The molecular formula is C33H33F4N5O4. The van der Waals surface area contributed by atoms with Crippen molar-refractivity contribution in [2.75, 3.05) is 13.2 Å². The topological polar surface area (TPSA) is 129 Å². The SMILES string of the molecule is CCc1cc(-c2nc(C(CNC(=O)c3cc(OC4CC4)c4nnc(C)cc4c3)C(F)(F)F)cc3c2OCC3C)ccc1F.NC=O. The fraction of sp³-hybridized carbons (Fsp3) is 0.364. The lowest BCUT2D eigenvalue weighted by molar-refractivity contribution is -0.149. The Hall–Kier alpha value is -4.81. The van der Waals surface area contributed by atoms with Gasteiger partial charge >= 0.3 is 6.18 Å². The summed E-state index contributed by atoms with van der Waals surface area (Å²) in [6, 6.07) is 10.6. The van der Waals surface area contributed by atoms with E-state index in [4.69, 9.17) is 14.3 Å². The smallest absolute Gasteiger partial charge is 0.398 e. The highest BCUT2D eigenvalue weighted by Crippen LogP contribution is 2.44. The number of aryl methyl sites for hydroxylation is 2. The largest absolute Gasteiger partial charge is 0.490 e. The lowest BCUT2D eigenvalue weighted by atomic mass is 9.94. The van der Waals surface area contributed by atoms with Crippen molar-refractivity contribution < 1.29 is 36.6 Å². The number of hydrogen-bond donors (Lipinski definition) is 2. The number of carbonyl (C=O) groups excluding carboxylic acids is 2. The Morgan fingerprint density at radius 3 is 2.59 bits per heavy atom. The van der Waals surface area contributed by atoms with Crippen LogP contribution >= 0.6 is 0 Å². The van der Waals surface area contributed by atoms with Crippen LogP contribution in [0.1, 0.15) is 71.4 Å². The molecule has 0 radical (unpaired) electrons. The van der Waals surface area contributed by atoms with E-state index < -0.39 is 30.4 Å². The predicted molar refractivity (Wildman–Crippen MR) is 162 cm³/mol. The van der Waals surface area contributed by atoms with Crippen LogP contribution in [-0.4, -0.2) is 52.9 Å². The summed E-state index contributed by atoms with van der Waals surface area (Å²) in [6.07, 6.45) is -2.30. The normalized spacial score (nSPS) is 16.1. The van der Waals surface area contributed by atoms with Crippen LogP contribution in [0.3, 0.4) is 0 Å². The maximum absolute atomic E-state index is 14.6. The molecule has 0 bridgehead atoms. The zero-order valence-corrected chi connectivity index (χ0v) is 25.5. The molecule has 1 aliphatic carbocycles. The molecule has 4 aromatic rings. The molecule has 1 fully saturated rings. The molecule has 13 heteroatoms. The van der Waals surface area contributed by atoms with Gasteiger partial charge in [0.2, 0.25) is 6.41 Å². The molecule has 2 atom stereocenters. The van der Waals surface area contributed by atoms with E-state index in [1.807, 2.05) is 6.92 Å². The maximum atomic E-state index is 14.6. The molecule has 3 N–H and O–H groups in total. The van der Waals surface area contributed by atoms with E-state index >= 15 is 0 Å². The number of alkyl halides is 3. The predicted octanol–water partition coefficient (Wildman–Crippen LogP) is 5.92. The van der Waals surface area contributed by atoms with Crippen LogP contribution in [0.15, 0.2) is 42.5 Å². The van der Waals surface area contributed by atoms with Crippen LogP contribution in [0.25, 0.3) is 22.2 Å². The number of carbonyl (C=O) groups is 2. The first-order valence-corrected chi connectivity index (χ1v) is 14.8. The number of halogens is 4. The number of fused-ring (bicyclic) bond motifs is 2. The van der Waals surface area contributed by atoms with Crippen LogP contribution in [0.5, 0.6) is 11.5 Å². The zero-order chi connectivity index (χ0) is 33.2. The summed E-state index contributed by atoms with van der Waals surface area (Å²) in [4.78, 5) is 26.3. The Morgan fingerprint density at radius 1 is 1.17 bits per heavy atom. The molecule has 2 aromatic heterocycles. The van der Waals surface area contributed by atoms with Gasteiger partial charge in [-0.2, -0.15) is 18.3 Å². The van der Waals surface area contributed by atoms with Crippen molar-refractivity contribution in [1.82, 2.24) is 20.5 Å². The molecular weight excluding hydrogens is 606 g/mol. The third kappa shape index (κ3) is 7.03. The Labute approximate surface area is 262 Å². The number of rotatable bonds is 8. The van der Waals surface area contributed by atoms with Crippen LogP contribution in [0.4, 0.5) is 17.6 Å². The fourth-order valence-corrected chi connectivity index (χ4v) is 5.26. The van der Waals surface area contributed by atoms with Gasteiger partial charge in [0, 0.05) is 34.5 Å². The molecule has 242 valence electrons. The molecule has 0 saturated heterocycles. The number of ether oxygens (including phenoxy) is 2. The van der Waals surface area contributed by atoms with Crippen LogP contribution in [0.2, 0.25) is 0 Å². The molecule has 3 heterocycles. The summed E-state index contributed by atoms with van der Waals surface area (Å²) < 4.78 is 69.7. The minimum Gasteiger partial charge on any atom is -0.490 e. The molecule has 9 nitrogen and oxygen atoms in total. The fourth-order valence-electron chi connectivity index (χ4n) is 5.26. The third-order valence-electron chi connectivity index (χ3n) is 7.81. The van der Waals surface area contributed by atoms with Crippen molar-refractivity contribution >= 4 is 23.2 Å². The van der Waals surface area contributed by atoms with Gasteiger partial charge in [-0.15, -0.1) is 5.10 Å². The standard InChI is InChI=1S/C32H30F4N4O3.CH3NO/c1-4-18-10-19(5-8-25(18)33)29-30-23(16(2)15-42-30)13-26(38-29)24(32(34,35)36)14-37-31(41)21-11-20-9-17(3)39-40-28(20)27(12-21)43-22-6-7-22;2-1-3/h5,8-13,16,22,24H,4,6-7,14-15H2,1-3H3,(H,37,41);1H,(H2,2,3). The average Bonchev–Trinajstić information content (AvgIpc) is 3.75. The summed E-state index contributed by atoms with van der Waals surface area (Å²) >= 11 is 0. The number of nitrogens with two attached hydrogens (primary N) is 1. The first-order valence-electron chi connectivity index (χ1n) is 14.8. The Morgan fingerprint density at radius 2 is 1.91 bits per heavy atom. The number of primary amides is 1.